The molecule has 1 aliphatic carbocycles. The van der Waals surface area contributed by atoms with Crippen molar-refractivity contribution in [3.8, 4) is 0 Å². The number of allylic oxidation sites excluding steroid dienone is 1. The number of aliphatic imine (C=N–C) groups is 1. The van der Waals surface area contributed by atoms with E-state index in [0.717, 1.165) is 5.56 Å². The van der Waals surface area contributed by atoms with Crippen LogP contribution in [0, 0.1) is 5.92 Å². The lowest BCUT2D eigenvalue weighted by Crippen LogP contribution is -2.22. The zero-order chi connectivity index (χ0) is 13.7. The number of aromatic nitrogens is 1. The van der Waals surface area contributed by atoms with Gasteiger partial charge in [-0.2, -0.15) is 4.99 Å². The van der Waals surface area contributed by atoms with E-state index >= 15 is 0 Å². The molecule has 4 nitrogen and oxygen atoms in total. The number of guanidine groups is 1. The van der Waals surface area contributed by atoms with E-state index < -0.39 is 0 Å². The fourth-order valence-electron chi connectivity index (χ4n) is 2.35. The minimum Gasteiger partial charge on any atom is -0.370 e. The van der Waals surface area contributed by atoms with E-state index in [0.29, 0.717) is 16.8 Å². The first-order chi connectivity index (χ1) is 9.15. The SMILES string of the molecule is NC(N)=Nc1ncc(Cl)cc1/C=C/C1CCCCC1. The summed E-state index contributed by atoms with van der Waals surface area (Å²) in [5, 5.41) is 0.581. The van der Waals surface area contributed by atoms with Crippen molar-refractivity contribution in [2.75, 3.05) is 0 Å². The molecular formula is C14H19ClN4. The van der Waals surface area contributed by atoms with Crippen molar-refractivity contribution in [1.82, 2.24) is 4.98 Å². The van der Waals surface area contributed by atoms with Crippen molar-refractivity contribution in [2.24, 2.45) is 22.4 Å². The van der Waals surface area contributed by atoms with Gasteiger partial charge in [-0.3, -0.25) is 0 Å². The Morgan fingerprint density at radius 2 is 2.05 bits per heavy atom. The number of hydrogen-bond acceptors (Lipinski definition) is 2. The number of pyridine rings is 1. The van der Waals surface area contributed by atoms with Crippen LogP contribution in [0.1, 0.15) is 37.7 Å². The molecule has 1 aromatic rings. The van der Waals surface area contributed by atoms with E-state index in [2.05, 4.69) is 16.1 Å². The molecule has 0 bridgehead atoms. The largest absolute Gasteiger partial charge is 0.370 e. The maximum atomic E-state index is 5.97. The lowest BCUT2D eigenvalue weighted by atomic mass is 9.89. The maximum absolute atomic E-state index is 5.97. The fourth-order valence-corrected chi connectivity index (χ4v) is 2.52. The van der Waals surface area contributed by atoms with Gasteiger partial charge in [-0.05, 0) is 24.8 Å². The molecule has 1 saturated carbocycles. The zero-order valence-corrected chi connectivity index (χ0v) is 11.6. The molecule has 0 amide bonds. The van der Waals surface area contributed by atoms with Gasteiger partial charge in [-0.1, -0.05) is 43.0 Å². The van der Waals surface area contributed by atoms with Crippen molar-refractivity contribution in [3.63, 3.8) is 0 Å². The predicted octanol–water partition coefficient (Wildman–Crippen LogP) is 3.23. The minimum absolute atomic E-state index is 0.00198. The summed E-state index contributed by atoms with van der Waals surface area (Å²) in [4.78, 5) is 8.17. The Balaban J connectivity index is 2.19. The lowest BCUT2D eigenvalue weighted by Gasteiger charge is -2.17. The second-order valence-corrected chi connectivity index (χ2v) is 5.30. The second-order valence-electron chi connectivity index (χ2n) is 4.86. The van der Waals surface area contributed by atoms with Gasteiger partial charge in [-0.15, -0.1) is 0 Å². The predicted molar refractivity (Wildman–Crippen MR) is 80.3 cm³/mol. The molecule has 5 heteroatoms. The molecule has 1 aliphatic rings. The van der Waals surface area contributed by atoms with Gasteiger partial charge < -0.3 is 11.5 Å². The van der Waals surface area contributed by atoms with Crippen LogP contribution in [0.25, 0.3) is 6.08 Å². The molecule has 0 atom stereocenters. The van der Waals surface area contributed by atoms with Gasteiger partial charge in [0, 0.05) is 11.8 Å². The molecule has 1 heterocycles. The third-order valence-electron chi connectivity index (χ3n) is 3.29. The van der Waals surface area contributed by atoms with Crippen LogP contribution in [0.15, 0.2) is 23.3 Å². The van der Waals surface area contributed by atoms with Crippen molar-refractivity contribution in [1.29, 1.82) is 0 Å². The van der Waals surface area contributed by atoms with Gasteiger partial charge in [0.05, 0.1) is 5.02 Å². The van der Waals surface area contributed by atoms with Crippen LogP contribution in [0.3, 0.4) is 0 Å². The van der Waals surface area contributed by atoms with E-state index in [4.69, 9.17) is 23.1 Å². The van der Waals surface area contributed by atoms with E-state index in [1.165, 1.54) is 32.1 Å². The van der Waals surface area contributed by atoms with Crippen LogP contribution >= 0.6 is 11.6 Å². The average Bonchev–Trinajstić information content (AvgIpc) is 2.40. The molecule has 4 N–H and O–H groups in total. The highest BCUT2D eigenvalue weighted by atomic mass is 35.5. The number of nitrogens with zero attached hydrogens (tertiary/aromatic N) is 2. The number of nitrogens with two attached hydrogens (primary N) is 2. The first kappa shape index (κ1) is 13.9. The standard InChI is InChI=1S/C14H19ClN4/c15-12-8-11(13(18-9-12)19-14(16)17)7-6-10-4-2-1-3-5-10/h6-10H,1-5H2,(H4,16,17,18,19)/b7-6+. The smallest absolute Gasteiger partial charge is 0.192 e. The lowest BCUT2D eigenvalue weighted by molar-refractivity contribution is 0.420. The molecule has 1 aromatic heterocycles. The minimum atomic E-state index is 0.00198. The first-order valence-corrected chi connectivity index (χ1v) is 6.96. The Morgan fingerprint density at radius 3 is 2.74 bits per heavy atom. The monoisotopic (exact) mass is 278 g/mol. The van der Waals surface area contributed by atoms with Gasteiger partial charge in [-0.25, -0.2) is 4.98 Å². The van der Waals surface area contributed by atoms with Gasteiger partial charge in [0.15, 0.2) is 11.8 Å². The fraction of sp³-hybridized carbons (Fsp3) is 0.429. The molecule has 0 saturated heterocycles. The average molecular weight is 279 g/mol. The summed E-state index contributed by atoms with van der Waals surface area (Å²) >= 11 is 5.97. The van der Waals surface area contributed by atoms with Crippen molar-refractivity contribution in [3.05, 3.63) is 28.9 Å². The molecule has 19 heavy (non-hydrogen) atoms. The van der Waals surface area contributed by atoms with Crippen molar-refractivity contribution < 1.29 is 0 Å². The molecule has 2 rings (SSSR count). The topological polar surface area (TPSA) is 77.3 Å². The highest BCUT2D eigenvalue weighted by Gasteiger charge is 2.10. The Labute approximate surface area is 118 Å². The molecule has 1 fully saturated rings. The van der Waals surface area contributed by atoms with Crippen molar-refractivity contribution in [2.45, 2.75) is 32.1 Å². The highest BCUT2D eigenvalue weighted by Crippen LogP contribution is 2.27. The third kappa shape index (κ3) is 4.24. The number of rotatable bonds is 3. The zero-order valence-electron chi connectivity index (χ0n) is 10.8. The Morgan fingerprint density at radius 1 is 1.32 bits per heavy atom. The molecule has 0 unspecified atom stereocenters. The van der Waals surface area contributed by atoms with Gasteiger partial charge in [0.1, 0.15) is 0 Å². The summed E-state index contributed by atoms with van der Waals surface area (Å²) in [6.45, 7) is 0. The number of hydrogen-bond donors (Lipinski definition) is 2. The van der Waals surface area contributed by atoms with Crippen LogP contribution in [0.5, 0.6) is 0 Å². The van der Waals surface area contributed by atoms with E-state index in [1.54, 1.807) is 6.20 Å². The van der Waals surface area contributed by atoms with Crippen molar-refractivity contribution >= 4 is 29.5 Å². The molecular weight excluding hydrogens is 260 g/mol. The summed E-state index contributed by atoms with van der Waals surface area (Å²) < 4.78 is 0. The third-order valence-corrected chi connectivity index (χ3v) is 3.50. The van der Waals surface area contributed by atoms with Crippen LogP contribution < -0.4 is 11.5 Å². The second kappa shape index (κ2) is 6.57. The highest BCUT2D eigenvalue weighted by molar-refractivity contribution is 6.30. The summed E-state index contributed by atoms with van der Waals surface area (Å²) in [5.41, 5.74) is 11.7. The quantitative estimate of drug-likeness (QED) is 0.658. The van der Waals surface area contributed by atoms with E-state index in [1.807, 2.05) is 12.1 Å². The van der Waals surface area contributed by atoms with Gasteiger partial charge in [0.2, 0.25) is 0 Å². The number of halogens is 1. The summed E-state index contributed by atoms with van der Waals surface area (Å²) in [5.74, 6) is 1.15. The van der Waals surface area contributed by atoms with Gasteiger partial charge >= 0.3 is 0 Å². The summed E-state index contributed by atoms with van der Waals surface area (Å²) in [6, 6.07) is 1.83. The summed E-state index contributed by atoms with van der Waals surface area (Å²) in [6.07, 6.45) is 12.3. The van der Waals surface area contributed by atoms with Crippen LogP contribution in [-0.4, -0.2) is 10.9 Å². The van der Waals surface area contributed by atoms with Crippen LogP contribution in [0.4, 0.5) is 5.82 Å². The molecule has 0 spiro atoms. The summed E-state index contributed by atoms with van der Waals surface area (Å²) in [7, 11) is 0. The van der Waals surface area contributed by atoms with Gasteiger partial charge in [0.25, 0.3) is 0 Å². The molecule has 102 valence electrons. The normalized spacial score (nSPS) is 16.7. The van der Waals surface area contributed by atoms with Crippen LogP contribution in [-0.2, 0) is 0 Å². The Kier molecular flexibility index (Phi) is 4.80. The maximum Gasteiger partial charge on any atom is 0.192 e. The first-order valence-electron chi connectivity index (χ1n) is 6.58. The van der Waals surface area contributed by atoms with E-state index in [-0.39, 0.29) is 5.96 Å². The molecule has 0 radical (unpaired) electrons. The van der Waals surface area contributed by atoms with Crippen LogP contribution in [0.2, 0.25) is 5.02 Å². The Bertz CT molecular complexity index is 486. The molecule has 0 aromatic carbocycles. The van der Waals surface area contributed by atoms with E-state index in [9.17, 15) is 0 Å². The molecule has 0 aliphatic heterocycles. The Hall–Kier alpha value is -1.55.